The topological polar surface area (TPSA) is 65.0 Å². The first kappa shape index (κ1) is 19.6. The molecule has 0 unspecified atom stereocenters. The normalized spacial score (nSPS) is 10.4. The summed E-state index contributed by atoms with van der Waals surface area (Å²) in [5, 5.41) is 8.80. The highest BCUT2D eigenvalue weighted by Crippen LogP contribution is 2.28. The summed E-state index contributed by atoms with van der Waals surface area (Å²) < 4.78 is 16.8. The van der Waals surface area contributed by atoms with Crippen LogP contribution in [-0.2, 0) is 17.6 Å². The highest BCUT2D eigenvalue weighted by molar-refractivity contribution is 5.67. The molecule has 0 fully saturated rings. The van der Waals surface area contributed by atoms with Crippen LogP contribution >= 0.6 is 0 Å². The van der Waals surface area contributed by atoms with Crippen molar-refractivity contribution in [3.8, 4) is 17.2 Å². The van der Waals surface area contributed by atoms with E-state index in [0.717, 1.165) is 24.2 Å². The van der Waals surface area contributed by atoms with E-state index in [1.165, 1.54) is 5.56 Å². The van der Waals surface area contributed by atoms with E-state index in [9.17, 15) is 4.79 Å². The Bertz CT molecular complexity index is 694. The summed E-state index contributed by atoms with van der Waals surface area (Å²) in [6.45, 7) is 2.94. The molecule has 0 amide bonds. The summed E-state index contributed by atoms with van der Waals surface area (Å²) in [5.74, 6) is 1.21. The molecule has 0 aliphatic rings. The standard InChI is InChI=1S/C21H26O5/c1-3-4-16-5-9-18(10-6-16)25-13-14-26-20-15-17(8-12-21(22)23)7-11-19(20)24-2/h5-7,9-11,15H,3-4,8,12-14H2,1-2H3,(H,22,23). The van der Waals surface area contributed by atoms with Crippen LogP contribution in [0.3, 0.4) is 0 Å². The van der Waals surface area contributed by atoms with E-state index < -0.39 is 5.97 Å². The van der Waals surface area contributed by atoms with E-state index >= 15 is 0 Å². The van der Waals surface area contributed by atoms with Crippen molar-refractivity contribution in [1.29, 1.82) is 0 Å². The smallest absolute Gasteiger partial charge is 0.303 e. The lowest BCUT2D eigenvalue weighted by atomic mass is 10.1. The van der Waals surface area contributed by atoms with E-state index in [1.54, 1.807) is 13.2 Å². The summed E-state index contributed by atoms with van der Waals surface area (Å²) in [7, 11) is 1.58. The average Bonchev–Trinajstić information content (AvgIpc) is 2.65. The van der Waals surface area contributed by atoms with Gasteiger partial charge < -0.3 is 19.3 Å². The zero-order valence-corrected chi connectivity index (χ0v) is 15.4. The van der Waals surface area contributed by atoms with Gasteiger partial charge >= 0.3 is 5.97 Å². The molecule has 2 aromatic rings. The van der Waals surface area contributed by atoms with E-state index in [0.29, 0.717) is 31.1 Å². The van der Waals surface area contributed by atoms with Gasteiger partial charge in [-0.25, -0.2) is 0 Å². The maximum atomic E-state index is 10.7. The number of carbonyl (C=O) groups is 1. The fourth-order valence-corrected chi connectivity index (χ4v) is 2.59. The summed E-state index contributed by atoms with van der Waals surface area (Å²) in [4.78, 5) is 10.7. The number of ether oxygens (including phenoxy) is 3. The van der Waals surface area contributed by atoms with Gasteiger partial charge in [0, 0.05) is 6.42 Å². The number of hydrogen-bond acceptors (Lipinski definition) is 4. The van der Waals surface area contributed by atoms with E-state index in [4.69, 9.17) is 19.3 Å². The zero-order chi connectivity index (χ0) is 18.8. The highest BCUT2D eigenvalue weighted by Gasteiger charge is 2.07. The van der Waals surface area contributed by atoms with Crippen molar-refractivity contribution in [2.45, 2.75) is 32.6 Å². The first-order chi connectivity index (χ1) is 12.6. The maximum Gasteiger partial charge on any atom is 0.303 e. The molecule has 0 atom stereocenters. The monoisotopic (exact) mass is 358 g/mol. The molecule has 5 nitrogen and oxygen atoms in total. The Morgan fingerprint density at radius 3 is 2.27 bits per heavy atom. The molecule has 0 saturated heterocycles. The second-order valence-electron chi connectivity index (χ2n) is 5.97. The van der Waals surface area contributed by atoms with Crippen molar-refractivity contribution < 1.29 is 24.1 Å². The zero-order valence-electron chi connectivity index (χ0n) is 15.4. The molecule has 26 heavy (non-hydrogen) atoms. The van der Waals surface area contributed by atoms with Gasteiger partial charge in [0.2, 0.25) is 0 Å². The van der Waals surface area contributed by atoms with Gasteiger partial charge in [-0.3, -0.25) is 4.79 Å². The molecule has 0 aliphatic carbocycles. The van der Waals surface area contributed by atoms with Crippen molar-refractivity contribution in [2.75, 3.05) is 20.3 Å². The van der Waals surface area contributed by atoms with Gasteiger partial charge in [0.25, 0.3) is 0 Å². The number of carboxylic acids is 1. The summed E-state index contributed by atoms with van der Waals surface area (Å²) >= 11 is 0. The third-order valence-electron chi connectivity index (χ3n) is 3.93. The number of carboxylic acid groups (broad SMARTS) is 1. The Morgan fingerprint density at radius 1 is 0.923 bits per heavy atom. The molecule has 0 aliphatic heterocycles. The number of aliphatic carboxylic acids is 1. The van der Waals surface area contributed by atoms with Gasteiger partial charge in [0.1, 0.15) is 19.0 Å². The van der Waals surface area contributed by atoms with Crippen LogP contribution in [0.15, 0.2) is 42.5 Å². The second-order valence-corrected chi connectivity index (χ2v) is 5.97. The van der Waals surface area contributed by atoms with Crippen LogP contribution in [0.5, 0.6) is 17.2 Å². The molecule has 0 bridgehead atoms. The summed E-state index contributed by atoms with van der Waals surface area (Å²) in [5.41, 5.74) is 2.20. The number of benzene rings is 2. The lowest BCUT2D eigenvalue weighted by Gasteiger charge is -2.13. The Labute approximate surface area is 154 Å². The van der Waals surface area contributed by atoms with Gasteiger partial charge in [-0.05, 0) is 48.2 Å². The predicted molar refractivity (Wildman–Crippen MR) is 100 cm³/mol. The van der Waals surface area contributed by atoms with Crippen LogP contribution in [0.4, 0.5) is 0 Å². The highest BCUT2D eigenvalue weighted by atomic mass is 16.5. The van der Waals surface area contributed by atoms with Crippen molar-refractivity contribution in [1.82, 2.24) is 0 Å². The number of hydrogen-bond donors (Lipinski definition) is 1. The number of methoxy groups -OCH3 is 1. The quantitative estimate of drug-likeness (QED) is 0.612. The third kappa shape index (κ3) is 6.31. The SMILES string of the molecule is CCCc1ccc(OCCOc2cc(CCC(=O)O)ccc2OC)cc1. The molecule has 1 N–H and O–H groups in total. The maximum absolute atomic E-state index is 10.7. The second kappa shape index (κ2) is 10.3. The van der Waals surface area contributed by atoms with E-state index in [1.807, 2.05) is 24.3 Å². The summed E-state index contributed by atoms with van der Waals surface area (Å²) in [6.07, 6.45) is 2.74. The number of aryl methyl sites for hydroxylation is 2. The molecule has 0 saturated carbocycles. The van der Waals surface area contributed by atoms with Crippen LogP contribution in [-0.4, -0.2) is 31.4 Å². The third-order valence-corrected chi connectivity index (χ3v) is 3.93. The van der Waals surface area contributed by atoms with Crippen LogP contribution in [0.1, 0.15) is 30.9 Å². The van der Waals surface area contributed by atoms with E-state index in [2.05, 4.69) is 19.1 Å². The van der Waals surface area contributed by atoms with Gasteiger partial charge in [-0.1, -0.05) is 31.5 Å². The van der Waals surface area contributed by atoms with Crippen molar-refractivity contribution in [3.05, 3.63) is 53.6 Å². The molecule has 0 aromatic heterocycles. The Balaban J connectivity index is 1.85. The Morgan fingerprint density at radius 2 is 1.62 bits per heavy atom. The van der Waals surface area contributed by atoms with Gasteiger partial charge in [0.15, 0.2) is 11.5 Å². The fourth-order valence-electron chi connectivity index (χ4n) is 2.59. The number of rotatable bonds is 11. The Kier molecular flexibility index (Phi) is 7.80. The molecule has 5 heteroatoms. The average molecular weight is 358 g/mol. The molecule has 2 aromatic carbocycles. The minimum atomic E-state index is -0.818. The van der Waals surface area contributed by atoms with Crippen molar-refractivity contribution >= 4 is 5.97 Å². The lowest BCUT2D eigenvalue weighted by molar-refractivity contribution is -0.136. The molecular formula is C21H26O5. The Hall–Kier alpha value is -2.69. The van der Waals surface area contributed by atoms with Crippen LogP contribution < -0.4 is 14.2 Å². The fraction of sp³-hybridized carbons (Fsp3) is 0.381. The van der Waals surface area contributed by atoms with Gasteiger partial charge in [0.05, 0.1) is 7.11 Å². The largest absolute Gasteiger partial charge is 0.493 e. The molecule has 0 radical (unpaired) electrons. The predicted octanol–water partition coefficient (Wildman–Crippen LogP) is 4.12. The van der Waals surface area contributed by atoms with Crippen LogP contribution in [0, 0.1) is 0 Å². The first-order valence-electron chi connectivity index (χ1n) is 8.85. The van der Waals surface area contributed by atoms with E-state index in [-0.39, 0.29) is 6.42 Å². The minimum absolute atomic E-state index is 0.0862. The minimum Gasteiger partial charge on any atom is -0.493 e. The molecule has 0 heterocycles. The lowest BCUT2D eigenvalue weighted by Crippen LogP contribution is -2.10. The molecular weight excluding hydrogens is 332 g/mol. The van der Waals surface area contributed by atoms with Crippen molar-refractivity contribution in [2.24, 2.45) is 0 Å². The van der Waals surface area contributed by atoms with Crippen LogP contribution in [0.2, 0.25) is 0 Å². The van der Waals surface area contributed by atoms with Crippen molar-refractivity contribution in [3.63, 3.8) is 0 Å². The summed E-state index contributed by atoms with van der Waals surface area (Å²) in [6, 6.07) is 13.6. The molecule has 2 rings (SSSR count). The molecule has 140 valence electrons. The first-order valence-corrected chi connectivity index (χ1v) is 8.85. The van der Waals surface area contributed by atoms with Gasteiger partial charge in [-0.15, -0.1) is 0 Å². The molecule has 0 spiro atoms. The van der Waals surface area contributed by atoms with Gasteiger partial charge in [-0.2, -0.15) is 0 Å². The van der Waals surface area contributed by atoms with Crippen LogP contribution in [0.25, 0.3) is 0 Å².